The zero-order valence-corrected chi connectivity index (χ0v) is 11.0. The van der Waals surface area contributed by atoms with Gasteiger partial charge in [0.1, 0.15) is 0 Å². The second-order valence-corrected chi connectivity index (χ2v) is 5.04. The van der Waals surface area contributed by atoms with Crippen LogP contribution in [0.25, 0.3) is 32.4 Å². The van der Waals surface area contributed by atoms with Crippen LogP contribution in [0.3, 0.4) is 0 Å². The summed E-state index contributed by atoms with van der Waals surface area (Å²) in [5.74, 6) is 0. The molecule has 96 valence electrons. The van der Waals surface area contributed by atoms with E-state index in [2.05, 4.69) is 29.2 Å². The molecule has 0 atom stereocenters. The molecule has 0 bridgehead atoms. The van der Waals surface area contributed by atoms with Crippen molar-refractivity contribution in [2.24, 2.45) is 7.05 Å². The highest BCUT2D eigenvalue weighted by Gasteiger charge is 2.07. The van der Waals surface area contributed by atoms with E-state index in [1.807, 2.05) is 24.3 Å². The molecule has 0 radical (unpaired) electrons. The van der Waals surface area contributed by atoms with Crippen molar-refractivity contribution in [3.05, 3.63) is 65.2 Å². The first kappa shape index (κ1) is 11.2. The van der Waals surface area contributed by atoms with E-state index in [1.54, 1.807) is 13.4 Å². The molecule has 0 aliphatic carbocycles. The predicted octanol–water partition coefficient (Wildman–Crippen LogP) is 3.24. The molecule has 3 nitrogen and oxygen atoms in total. The lowest BCUT2D eigenvalue weighted by atomic mass is 10.0. The molecular formula is C17H12N2O. The molecule has 4 rings (SSSR count). The summed E-state index contributed by atoms with van der Waals surface area (Å²) in [6, 6.07) is 16.3. The molecule has 1 aromatic heterocycles. The van der Waals surface area contributed by atoms with Gasteiger partial charge in [-0.3, -0.25) is 4.79 Å². The van der Waals surface area contributed by atoms with Crippen LogP contribution < -0.4 is 5.56 Å². The minimum atomic E-state index is -0.00381. The fraction of sp³-hybridized carbons (Fsp3) is 0.0588. The average Bonchev–Trinajstić information content (AvgIpc) is 2.48. The van der Waals surface area contributed by atoms with Gasteiger partial charge in [-0.1, -0.05) is 30.3 Å². The van der Waals surface area contributed by atoms with Crippen molar-refractivity contribution in [2.75, 3.05) is 0 Å². The SMILES string of the molecule is Cn1cnc2ccc3cc4ccccc4cc3c2c1=O. The quantitative estimate of drug-likeness (QED) is 0.359. The lowest BCUT2D eigenvalue weighted by molar-refractivity contribution is 0.844. The van der Waals surface area contributed by atoms with Gasteiger partial charge in [-0.15, -0.1) is 0 Å². The van der Waals surface area contributed by atoms with Crippen LogP contribution in [-0.4, -0.2) is 9.55 Å². The van der Waals surface area contributed by atoms with Gasteiger partial charge in [-0.05, 0) is 39.7 Å². The van der Waals surface area contributed by atoms with Crippen molar-refractivity contribution in [1.82, 2.24) is 9.55 Å². The summed E-state index contributed by atoms with van der Waals surface area (Å²) in [6.07, 6.45) is 1.57. The Morgan fingerprint density at radius 2 is 1.70 bits per heavy atom. The maximum absolute atomic E-state index is 12.4. The minimum Gasteiger partial charge on any atom is -0.302 e. The van der Waals surface area contributed by atoms with Crippen LogP contribution in [0.2, 0.25) is 0 Å². The third kappa shape index (κ3) is 1.46. The van der Waals surface area contributed by atoms with E-state index in [-0.39, 0.29) is 5.56 Å². The molecule has 3 aromatic carbocycles. The molecule has 0 saturated heterocycles. The van der Waals surface area contributed by atoms with Gasteiger partial charge in [0, 0.05) is 7.05 Å². The second kappa shape index (κ2) is 3.90. The Hall–Kier alpha value is -2.68. The number of aryl methyl sites for hydroxylation is 1. The van der Waals surface area contributed by atoms with Gasteiger partial charge in [0.25, 0.3) is 5.56 Å². The summed E-state index contributed by atoms with van der Waals surface area (Å²) >= 11 is 0. The molecule has 1 heterocycles. The van der Waals surface area contributed by atoms with E-state index >= 15 is 0 Å². The molecular weight excluding hydrogens is 248 g/mol. The van der Waals surface area contributed by atoms with Crippen LogP contribution in [0.1, 0.15) is 0 Å². The van der Waals surface area contributed by atoms with Crippen molar-refractivity contribution in [2.45, 2.75) is 0 Å². The smallest absolute Gasteiger partial charge is 0.261 e. The molecule has 0 aliphatic rings. The first-order chi connectivity index (χ1) is 9.74. The largest absolute Gasteiger partial charge is 0.302 e. The number of hydrogen-bond donors (Lipinski definition) is 0. The molecule has 0 saturated carbocycles. The van der Waals surface area contributed by atoms with Gasteiger partial charge in [0.05, 0.1) is 17.2 Å². The van der Waals surface area contributed by atoms with Gasteiger partial charge in [-0.2, -0.15) is 0 Å². The lowest BCUT2D eigenvalue weighted by Crippen LogP contribution is -2.17. The van der Waals surface area contributed by atoms with Crippen molar-refractivity contribution in [1.29, 1.82) is 0 Å². The normalized spacial score (nSPS) is 11.4. The molecule has 0 aliphatic heterocycles. The van der Waals surface area contributed by atoms with Crippen molar-refractivity contribution in [3.63, 3.8) is 0 Å². The van der Waals surface area contributed by atoms with Gasteiger partial charge < -0.3 is 4.57 Å². The summed E-state index contributed by atoms with van der Waals surface area (Å²) in [7, 11) is 1.73. The van der Waals surface area contributed by atoms with Crippen molar-refractivity contribution in [3.8, 4) is 0 Å². The maximum Gasteiger partial charge on any atom is 0.261 e. The molecule has 0 amide bonds. The van der Waals surface area contributed by atoms with Crippen LogP contribution in [0.15, 0.2) is 59.7 Å². The first-order valence-electron chi connectivity index (χ1n) is 6.51. The van der Waals surface area contributed by atoms with Gasteiger partial charge in [0.2, 0.25) is 0 Å². The second-order valence-electron chi connectivity index (χ2n) is 5.04. The highest BCUT2D eigenvalue weighted by molar-refractivity contribution is 6.10. The highest BCUT2D eigenvalue weighted by Crippen LogP contribution is 2.26. The Balaban J connectivity index is 2.32. The van der Waals surface area contributed by atoms with E-state index in [4.69, 9.17) is 0 Å². The van der Waals surface area contributed by atoms with Crippen LogP contribution >= 0.6 is 0 Å². The Bertz CT molecular complexity index is 1030. The number of rotatable bonds is 0. The Kier molecular flexibility index (Phi) is 2.18. The zero-order chi connectivity index (χ0) is 13.7. The molecule has 3 heteroatoms. The van der Waals surface area contributed by atoms with Crippen molar-refractivity contribution < 1.29 is 0 Å². The Labute approximate surface area is 115 Å². The highest BCUT2D eigenvalue weighted by atomic mass is 16.1. The summed E-state index contributed by atoms with van der Waals surface area (Å²) in [6.45, 7) is 0. The van der Waals surface area contributed by atoms with Gasteiger partial charge in [-0.25, -0.2) is 4.98 Å². The number of aromatic nitrogens is 2. The molecule has 0 fully saturated rings. The molecule has 0 spiro atoms. The fourth-order valence-electron chi connectivity index (χ4n) is 2.71. The standard InChI is InChI=1S/C17H12N2O/c1-19-10-18-15-7-6-13-8-11-4-2-3-5-12(11)9-14(13)16(15)17(19)20/h2-10H,1H3. The van der Waals surface area contributed by atoms with Gasteiger partial charge >= 0.3 is 0 Å². The zero-order valence-electron chi connectivity index (χ0n) is 11.0. The number of fused-ring (bicyclic) bond motifs is 4. The molecule has 4 aromatic rings. The van der Waals surface area contributed by atoms with Crippen molar-refractivity contribution >= 4 is 32.4 Å². The number of nitrogens with zero attached hydrogens (tertiary/aromatic N) is 2. The molecule has 20 heavy (non-hydrogen) atoms. The van der Waals surface area contributed by atoms with Crippen LogP contribution in [0.4, 0.5) is 0 Å². The number of hydrogen-bond acceptors (Lipinski definition) is 2. The summed E-state index contributed by atoms with van der Waals surface area (Å²) in [4.78, 5) is 16.7. The Morgan fingerprint density at radius 1 is 0.950 bits per heavy atom. The van der Waals surface area contributed by atoms with E-state index in [0.717, 1.165) is 21.7 Å². The topological polar surface area (TPSA) is 34.9 Å². The Morgan fingerprint density at radius 3 is 2.50 bits per heavy atom. The van der Waals surface area contributed by atoms with E-state index in [9.17, 15) is 4.79 Å². The maximum atomic E-state index is 12.4. The van der Waals surface area contributed by atoms with E-state index in [0.29, 0.717) is 5.39 Å². The summed E-state index contributed by atoms with van der Waals surface area (Å²) in [5.41, 5.74) is 0.742. The van der Waals surface area contributed by atoms with E-state index in [1.165, 1.54) is 9.95 Å². The summed E-state index contributed by atoms with van der Waals surface area (Å²) < 4.78 is 1.52. The predicted molar refractivity (Wildman–Crippen MR) is 82.0 cm³/mol. The van der Waals surface area contributed by atoms with E-state index < -0.39 is 0 Å². The molecule has 0 N–H and O–H groups in total. The van der Waals surface area contributed by atoms with Gasteiger partial charge in [0.15, 0.2) is 0 Å². The van der Waals surface area contributed by atoms with Crippen LogP contribution in [0, 0.1) is 0 Å². The fourth-order valence-corrected chi connectivity index (χ4v) is 2.71. The number of benzene rings is 3. The third-order valence-corrected chi connectivity index (χ3v) is 3.77. The first-order valence-corrected chi connectivity index (χ1v) is 6.51. The van der Waals surface area contributed by atoms with Crippen LogP contribution in [0.5, 0.6) is 0 Å². The van der Waals surface area contributed by atoms with Crippen LogP contribution in [-0.2, 0) is 7.05 Å². The summed E-state index contributed by atoms with van der Waals surface area (Å²) in [5, 5.41) is 5.05. The third-order valence-electron chi connectivity index (χ3n) is 3.77. The average molecular weight is 260 g/mol. The monoisotopic (exact) mass is 260 g/mol. The molecule has 0 unspecified atom stereocenters. The lowest BCUT2D eigenvalue weighted by Gasteiger charge is -2.06. The minimum absolute atomic E-state index is 0.00381.